The predicted molar refractivity (Wildman–Crippen MR) is 109 cm³/mol. The Balaban J connectivity index is 1.75. The van der Waals surface area contributed by atoms with E-state index in [1.807, 2.05) is 0 Å². The monoisotopic (exact) mass is 516 g/mol. The lowest BCUT2D eigenvalue weighted by atomic mass is 9.94. The van der Waals surface area contributed by atoms with Crippen molar-refractivity contribution < 1.29 is 44.3 Å². The molecule has 0 bridgehead atoms. The van der Waals surface area contributed by atoms with Gasteiger partial charge in [-0.2, -0.15) is 26.3 Å². The molecule has 1 N–H and O–H groups in total. The number of carbonyl (C=O) groups excluding carboxylic acids is 2. The van der Waals surface area contributed by atoms with Gasteiger partial charge in [0.2, 0.25) is 15.7 Å². The van der Waals surface area contributed by atoms with E-state index in [0.717, 1.165) is 18.2 Å². The summed E-state index contributed by atoms with van der Waals surface area (Å²) in [5, 5.41) is 2.41. The molecule has 0 spiro atoms. The normalized spacial score (nSPS) is 21.1. The lowest BCUT2D eigenvalue weighted by molar-refractivity contribution is -0.132. The highest BCUT2D eigenvalue weighted by atomic mass is 32.2. The van der Waals surface area contributed by atoms with Crippen molar-refractivity contribution in [1.29, 1.82) is 0 Å². The summed E-state index contributed by atoms with van der Waals surface area (Å²) < 4.78 is 103. The van der Waals surface area contributed by atoms with Crippen LogP contribution >= 0.6 is 0 Å². The second kappa shape index (κ2) is 8.33. The van der Waals surface area contributed by atoms with Gasteiger partial charge in [0.05, 0.1) is 22.3 Å². The number of aliphatic imine (C=N–C) groups is 1. The van der Waals surface area contributed by atoms with Crippen LogP contribution in [0, 0.1) is 5.92 Å². The fraction of sp³-hybridized carbons (Fsp3) is 0.227. The van der Waals surface area contributed by atoms with Crippen molar-refractivity contribution in [3.05, 3.63) is 71.3 Å². The maximum Gasteiger partial charge on any atom is 0.433 e. The minimum absolute atomic E-state index is 0.0317. The fourth-order valence-corrected chi connectivity index (χ4v) is 5.62. The lowest BCUT2D eigenvalue weighted by Crippen LogP contribution is -2.40. The number of allylic oxidation sites excluding steroid dienone is 1. The number of amides is 2. The van der Waals surface area contributed by atoms with Crippen LogP contribution in [0.3, 0.4) is 0 Å². The number of nitrogens with one attached hydrogen (secondary N) is 1. The van der Waals surface area contributed by atoms with Gasteiger partial charge in [-0.15, -0.1) is 0 Å². The van der Waals surface area contributed by atoms with Crippen molar-refractivity contribution in [2.75, 3.05) is 0 Å². The van der Waals surface area contributed by atoms with Crippen LogP contribution in [0.4, 0.5) is 26.3 Å². The van der Waals surface area contributed by atoms with Crippen LogP contribution in [0.25, 0.3) is 0 Å². The van der Waals surface area contributed by atoms with Gasteiger partial charge < -0.3 is 5.32 Å². The zero-order valence-corrected chi connectivity index (χ0v) is 18.1. The highest BCUT2D eigenvalue weighted by Crippen LogP contribution is 2.41. The minimum atomic E-state index is -4.90. The molecule has 2 aliphatic rings. The van der Waals surface area contributed by atoms with Crippen LogP contribution in [0.5, 0.6) is 0 Å². The number of alkyl halides is 6. The van der Waals surface area contributed by atoms with E-state index in [-0.39, 0.29) is 26.5 Å². The molecule has 2 atom stereocenters. The van der Waals surface area contributed by atoms with Crippen LogP contribution in [-0.2, 0) is 25.8 Å². The Kier molecular flexibility index (Phi) is 5.86. The van der Waals surface area contributed by atoms with Crippen molar-refractivity contribution in [2.45, 2.75) is 34.6 Å². The first-order valence-electron chi connectivity index (χ1n) is 9.90. The molecule has 0 aliphatic carbocycles. The molecule has 2 aromatic rings. The number of sulfone groups is 1. The molecule has 184 valence electrons. The van der Waals surface area contributed by atoms with E-state index in [1.54, 1.807) is 0 Å². The fourth-order valence-electron chi connectivity index (χ4n) is 3.90. The lowest BCUT2D eigenvalue weighted by Gasteiger charge is -2.30. The third-order valence-electron chi connectivity index (χ3n) is 5.40. The number of dihydropyridines is 1. The molecule has 0 radical (unpaired) electrons. The molecule has 4 rings (SSSR count). The van der Waals surface area contributed by atoms with Crippen molar-refractivity contribution in [3.8, 4) is 0 Å². The van der Waals surface area contributed by atoms with Gasteiger partial charge in [0.1, 0.15) is 11.6 Å². The molecule has 2 amide bonds. The van der Waals surface area contributed by atoms with Crippen molar-refractivity contribution >= 4 is 27.4 Å². The molecule has 2 aromatic carbocycles. The van der Waals surface area contributed by atoms with Gasteiger partial charge in [-0.3, -0.25) is 9.59 Å². The molecular formula is C22H14F6N2O4S. The van der Waals surface area contributed by atoms with E-state index in [0.29, 0.717) is 12.2 Å². The van der Waals surface area contributed by atoms with Gasteiger partial charge in [0.15, 0.2) is 0 Å². The third-order valence-corrected chi connectivity index (χ3v) is 7.30. The molecular weight excluding hydrogens is 502 g/mol. The highest BCUT2D eigenvalue weighted by molar-refractivity contribution is 7.91. The molecule has 2 aliphatic heterocycles. The molecule has 0 aromatic heterocycles. The molecule has 13 heteroatoms. The maximum absolute atomic E-state index is 13.1. The Labute approximate surface area is 194 Å². The Hall–Kier alpha value is -3.48. The molecule has 2 heterocycles. The Morgan fingerprint density at radius 2 is 1.63 bits per heavy atom. The summed E-state index contributed by atoms with van der Waals surface area (Å²) in [4.78, 5) is 27.3. The topological polar surface area (TPSA) is 92.7 Å². The molecule has 0 fully saturated rings. The predicted octanol–water partition coefficient (Wildman–Crippen LogP) is 3.86. The average Bonchev–Trinajstić information content (AvgIpc) is 2.74. The van der Waals surface area contributed by atoms with Crippen molar-refractivity contribution in [3.63, 3.8) is 0 Å². The van der Waals surface area contributed by atoms with Gasteiger partial charge in [-0.05, 0) is 34.9 Å². The van der Waals surface area contributed by atoms with E-state index in [9.17, 15) is 44.3 Å². The molecule has 6 nitrogen and oxygen atoms in total. The van der Waals surface area contributed by atoms with Gasteiger partial charge in [-0.1, -0.05) is 36.4 Å². The summed E-state index contributed by atoms with van der Waals surface area (Å²) >= 11 is 0. The first kappa shape index (κ1) is 24.6. The van der Waals surface area contributed by atoms with Crippen molar-refractivity contribution in [2.24, 2.45) is 10.9 Å². The Morgan fingerprint density at radius 3 is 2.26 bits per heavy atom. The standard InChI is InChI=1S/C22H14F6N2O4S/c23-21(24,25)10-11-5-7-16-14(9-11)18(12-3-1-2-4-15(12)35(16,33)34)30-20(32)13-6-8-17(22(26,27)28)29-19(13)31/h1-9,13,18H,10H2,(H,30,32). The maximum atomic E-state index is 13.1. The first-order chi connectivity index (χ1) is 16.2. The number of hydrogen-bond acceptors (Lipinski definition) is 4. The second-order valence-electron chi connectivity index (χ2n) is 7.82. The van der Waals surface area contributed by atoms with Crippen LogP contribution < -0.4 is 5.32 Å². The minimum Gasteiger partial charge on any atom is -0.344 e. The van der Waals surface area contributed by atoms with Gasteiger partial charge >= 0.3 is 12.4 Å². The molecule has 35 heavy (non-hydrogen) atoms. The largest absolute Gasteiger partial charge is 0.433 e. The van der Waals surface area contributed by atoms with Crippen LogP contribution in [0.15, 0.2) is 69.4 Å². The van der Waals surface area contributed by atoms with E-state index >= 15 is 0 Å². The highest BCUT2D eigenvalue weighted by Gasteiger charge is 2.41. The number of halogens is 6. The number of hydrogen-bond donors (Lipinski definition) is 1. The van der Waals surface area contributed by atoms with E-state index in [1.165, 1.54) is 24.3 Å². The SMILES string of the molecule is O=C1N=C(C(F)(F)F)C=CC1C(=O)NC1c2ccccc2S(=O)(=O)c2ccc(CC(F)(F)F)cc21. The summed E-state index contributed by atoms with van der Waals surface area (Å²) in [5.41, 5.74) is -1.88. The Morgan fingerprint density at radius 1 is 0.971 bits per heavy atom. The first-order valence-corrected chi connectivity index (χ1v) is 11.4. The van der Waals surface area contributed by atoms with E-state index < -0.39 is 58.1 Å². The smallest absolute Gasteiger partial charge is 0.344 e. The number of rotatable bonds is 3. The van der Waals surface area contributed by atoms with Crippen LogP contribution in [-0.4, -0.2) is 38.3 Å². The van der Waals surface area contributed by atoms with E-state index in [2.05, 4.69) is 10.3 Å². The number of fused-ring (bicyclic) bond motifs is 2. The summed E-state index contributed by atoms with van der Waals surface area (Å²) in [7, 11) is -4.15. The molecule has 0 saturated carbocycles. The summed E-state index contributed by atoms with van der Waals surface area (Å²) in [5.74, 6) is -4.23. The average molecular weight is 516 g/mol. The quantitative estimate of drug-likeness (QED) is 0.496. The number of nitrogens with zero attached hydrogens (tertiary/aromatic N) is 1. The second-order valence-corrected chi connectivity index (χ2v) is 9.70. The zero-order valence-electron chi connectivity index (χ0n) is 17.3. The summed E-state index contributed by atoms with van der Waals surface area (Å²) in [6, 6.07) is 7.18. The molecule has 2 unspecified atom stereocenters. The van der Waals surface area contributed by atoms with Crippen molar-refractivity contribution in [1.82, 2.24) is 5.32 Å². The van der Waals surface area contributed by atoms with Gasteiger partial charge in [-0.25, -0.2) is 13.4 Å². The van der Waals surface area contributed by atoms with Crippen LogP contribution in [0.1, 0.15) is 22.7 Å². The zero-order chi connectivity index (χ0) is 25.8. The number of benzene rings is 2. The Bertz CT molecular complexity index is 1390. The summed E-state index contributed by atoms with van der Waals surface area (Å²) in [6.07, 6.45) is -9.67. The van der Waals surface area contributed by atoms with Crippen LogP contribution in [0.2, 0.25) is 0 Å². The summed E-state index contributed by atoms with van der Waals surface area (Å²) in [6.45, 7) is 0. The molecule has 0 saturated heterocycles. The third kappa shape index (κ3) is 4.72. The van der Waals surface area contributed by atoms with E-state index in [4.69, 9.17) is 0 Å². The number of carbonyl (C=O) groups is 2. The van der Waals surface area contributed by atoms with Gasteiger partial charge in [0, 0.05) is 0 Å². The van der Waals surface area contributed by atoms with Gasteiger partial charge in [0.25, 0.3) is 5.91 Å².